The summed E-state index contributed by atoms with van der Waals surface area (Å²) >= 11 is 0. The van der Waals surface area contributed by atoms with E-state index in [1.165, 1.54) is 65.7 Å². The van der Waals surface area contributed by atoms with Crippen LogP contribution in [0.15, 0.2) is 54.7 Å². The summed E-state index contributed by atoms with van der Waals surface area (Å²) in [5.41, 5.74) is 8.58. The maximum Gasteiger partial charge on any atom is 0.231 e. The summed E-state index contributed by atoms with van der Waals surface area (Å²) < 4.78 is 4.78. The second kappa shape index (κ2) is 7.43. The molecule has 0 aliphatic heterocycles. The van der Waals surface area contributed by atoms with Crippen molar-refractivity contribution in [3.8, 4) is 0 Å². The lowest BCUT2D eigenvalue weighted by Crippen LogP contribution is -2.29. The predicted molar refractivity (Wildman–Crippen MR) is 147 cm³/mol. The van der Waals surface area contributed by atoms with Crippen LogP contribution in [0.1, 0.15) is 44.4 Å². The van der Waals surface area contributed by atoms with Gasteiger partial charge in [-0.1, -0.05) is 38.1 Å². The molecule has 0 aliphatic rings. The highest BCUT2D eigenvalue weighted by molar-refractivity contribution is 6.25. The zero-order valence-corrected chi connectivity index (χ0v) is 21.5. The van der Waals surface area contributed by atoms with E-state index in [4.69, 9.17) is 6.57 Å². The van der Waals surface area contributed by atoms with Gasteiger partial charge in [0.15, 0.2) is 6.20 Å². The molecular formula is C32H32N3+. The summed E-state index contributed by atoms with van der Waals surface area (Å²) in [7, 11) is 2.16. The molecule has 3 heteroatoms. The van der Waals surface area contributed by atoms with Crippen molar-refractivity contribution in [2.75, 3.05) is 0 Å². The van der Waals surface area contributed by atoms with E-state index in [9.17, 15) is 0 Å². The molecule has 35 heavy (non-hydrogen) atoms. The minimum Gasteiger partial charge on any atom is -0.311 e. The van der Waals surface area contributed by atoms with Gasteiger partial charge in [-0.05, 0) is 59.5 Å². The lowest BCUT2D eigenvalue weighted by molar-refractivity contribution is -0.643. The van der Waals surface area contributed by atoms with Gasteiger partial charge in [0.2, 0.25) is 11.1 Å². The Bertz CT molecular complexity index is 1830. The van der Waals surface area contributed by atoms with Crippen molar-refractivity contribution in [2.24, 2.45) is 13.0 Å². The topological polar surface area (TPSA) is 12.7 Å². The predicted octanol–water partition coefficient (Wildman–Crippen LogP) is 7.56. The summed E-state index contributed by atoms with van der Waals surface area (Å²) in [5.74, 6) is 0.625. The zero-order valence-electron chi connectivity index (χ0n) is 21.5. The van der Waals surface area contributed by atoms with Crippen LogP contribution in [-0.2, 0) is 19.9 Å². The van der Waals surface area contributed by atoms with Crippen molar-refractivity contribution < 1.29 is 4.57 Å². The Morgan fingerprint density at radius 3 is 2.49 bits per heavy atom. The first kappa shape index (κ1) is 21.9. The van der Waals surface area contributed by atoms with Crippen molar-refractivity contribution in [1.82, 2.24) is 4.40 Å². The van der Waals surface area contributed by atoms with Crippen molar-refractivity contribution in [3.05, 3.63) is 82.8 Å². The molecule has 0 unspecified atom stereocenters. The molecule has 0 amide bonds. The fourth-order valence-electron chi connectivity index (χ4n) is 6.06. The Kier molecular flexibility index (Phi) is 4.64. The van der Waals surface area contributed by atoms with Gasteiger partial charge >= 0.3 is 0 Å². The van der Waals surface area contributed by atoms with Crippen molar-refractivity contribution >= 4 is 49.0 Å². The van der Waals surface area contributed by atoms with Crippen LogP contribution in [0.5, 0.6) is 0 Å². The van der Waals surface area contributed by atoms with Crippen LogP contribution in [0.3, 0.4) is 0 Å². The molecule has 0 bridgehead atoms. The molecule has 0 radical (unpaired) electrons. The molecule has 0 saturated heterocycles. The summed E-state index contributed by atoms with van der Waals surface area (Å²) in [5, 5.41) is 6.52. The average Bonchev–Trinajstić information content (AvgIpc) is 3.13. The maximum absolute atomic E-state index is 7.67. The number of rotatable bonds is 4. The van der Waals surface area contributed by atoms with E-state index >= 15 is 0 Å². The van der Waals surface area contributed by atoms with Gasteiger partial charge in [-0.3, -0.25) is 0 Å². The third-order valence-corrected chi connectivity index (χ3v) is 7.54. The van der Waals surface area contributed by atoms with Crippen LogP contribution in [0.4, 0.5) is 0 Å². The van der Waals surface area contributed by atoms with Gasteiger partial charge in [0.1, 0.15) is 7.05 Å². The van der Waals surface area contributed by atoms with E-state index in [0.29, 0.717) is 5.92 Å². The van der Waals surface area contributed by atoms with Crippen LogP contribution in [0.2, 0.25) is 0 Å². The van der Waals surface area contributed by atoms with Gasteiger partial charge in [0.25, 0.3) is 0 Å². The fraction of sp³-hybridized carbons (Fsp3) is 0.312. The Hall–Kier alpha value is -3.64. The Labute approximate surface area is 206 Å². The molecule has 3 aromatic heterocycles. The number of pyridine rings is 2. The summed E-state index contributed by atoms with van der Waals surface area (Å²) in [4.78, 5) is 3.90. The SMILES string of the molecule is [C-]#[N+]C(C)(C)Cc1cc2cc[n+](C)c3c4c(C)ccc5c6cc(CC(C)C)ccc6n(c(c1)c23)c54. The third-order valence-electron chi connectivity index (χ3n) is 7.54. The normalized spacial score (nSPS) is 12.7. The van der Waals surface area contributed by atoms with E-state index in [1.807, 2.05) is 13.8 Å². The fourth-order valence-corrected chi connectivity index (χ4v) is 6.06. The Morgan fingerprint density at radius 1 is 0.943 bits per heavy atom. The van der Waals surface area contributed by atoms with Gasteiger partial charge in [-0.15, -0.1) is 0 Å². The Balaban J connectivity index is 1.85. The highest BCUT2D eigenvalue weighted by atomic mass is 15.0. The minimum atomic E-state index is -0.425. The van der Waals surface area contributed by atoms with Gasteiger partial charge in [-0.25, -0.2) is 11.1 Å². The highest BCUT2D eigenvalue weighted by Crippen LogP contribution is 2.41. The first-order chi connectivity index (χ1) is 16.7. The van der Waals surface area contributed by atoms with Crippen LogP contribution >= 0.6 is 0 Å². The summed E-state index contributed by atoms with van der Waals surface area (Å²) in [6.45, 7) is 18.5. The lowest BCUT2D eigenvalue weighted by Gasteiger charge is -2.16. The molecule has 0 N–H and O–H groups in total. The first-order valence-electron chi connectivity index (χ1n) is 12.6. The van der Waals surface area contributed by atoms with E-state index < -0.39 is 5.54 Å². The molecule has 174 valence electrons. The standard InChI is InChI=1S/C32H32N3/c1-19(2)14-21-9-11-26-25(16-21)24-10-8-20(3)28-30(24)35(26)27-17-22(18-32(4,5)33-6)15-23-12-13-34(7)31(28)29(23)27/h8-13,15-17,19H,14,18H2,1-5,7H3/q+1. The van der Waals surface area contributed by atoms with Crippen molar-refractivity contribution in [3.63, 3.8) is 0 Å². The quantitative estimate of drug-likeness (QED) is 0.112. The van der Waals surface area contributed by atoms with Gasteiger partial charge in [0.05, 0.1) is 33.7 Å². The van der Waals surface area contributed by atoms with Crippen molar-refractivity contribution in [2.45, 2.75) is 53.0 Å². The Morgan fingerprint density at radius 2 is 1.74 bits per heavy atom. The number of nitrogens with zero attached hydrogens (tertiary/aromatic N) is 3. The van der Waals surface area contributed by atoms with E-state index in [2.05, 4.69) is 96.4 Å². The van der Waals surface area contributed by atoms with Crippen LogP contribution < -0.4 is 4.57 Å². The molecule has 3 heterocycles. The van der Waals surface area contributed by atoms with Gasteiger partial charge in [-0.2, -0.15) is 0 Å². The molecule has 3 aromatic carbocycles. The molecule has 6 aromatic rings. The number of hydrogen-bond donors (Lipinski definition) is 0. The third kappa shape index (κ3) is 3.20. The van der Waals surface area contributed by atoms with E-state index in [1.54, 1.807) is 0 Å². The number of benzene rings is 3. The molecule has 0 fully saturated rings. The second-order valence-electron chi connectivity index (χ2n) is 11.4. The molecule has 0 spiro atoms. The molecule has 0 atom stereocenters. The van der Waals surface area contributed by atoms with E-state index in [0.717, 1.165) is 12.8 Å². The molecular weight excluding hydrogens is 426 g/mol. The summed E-state index contributed by atoms with van der Waals surface area (Å²) in [6.07, 6.45) is 4.00. The highest BCUT2D eigenvalue weighted by Gasteiger charge is 2.27. The number of aryl methyl sites for hydroxylation is 2. The molecule has 0 saturated carbocycles. The molecule has 3 nitrogen and oxygen atoms in total. The molecule has 0 aliphatic carbocycles. The van der Waals surface area contributed by atoms with Crippen molar-refractivity contribution in [1.29, 1.82) is 0 Å². The largest absolute Gasteiger partial charge is 0.311 e. The monoisotopic (exact) mass is 458 g/mol. The minimum absolute atomic E-state index is 0.425. The maximum atomic E-state index is 7.67. The van der Waals surface area contributed by atoms with E-state index in [-0.39, 0.29) is 0 Å². The van der Waals surface area contributed by atoms with Crippen LogP contribution in [0.25, 0.3) is 53.8 Å². The lowest BCUT2D eigenvalue weighted by atomic mass is 9.92. The first-order valence-corrected chi connectivity index (χ1v) is 12.6. The zero-order chi connectivity index (χ0) is 24.6. The number of fused-ring (bicyclic) bond motifs is 5. The van der Waals surface area contributed by atoms with Crippen LogP contribution in [0, 0.1) is 19.4 Å². The second-order valence-corrected chi connectivity index (χ2v) is 11.4. The summed E-state index contributed by atoms with van der Waals surface area (Å²) in [6, 6.07) is 18.5. The average molecular weight is 459 g/mol. The molecule has 6 rings (SSSR count). The van der Waals surface area contributed by atoms with Crippen LogP contribution in [-0.4, -0.2) is 9.94 Å². The van der Waals surface area contributed by atoms with Gasteiger partial charge < -0.3 is 9.25 Å². The number of hydrogen-bond acceptors (Lipinski definition) is 0. The number of aromatic nitrogens is 2. The van der Waals surface area contributed by atoms with Gasteiger partial charge in [0, 0.05) is 30.7 Å². The smallest absolute Gasteiger partial charge is 0.231 e.